The van der Waals surface area contributed by atoms with E-state index >= 15 is 0 Å². The fourth-order valence-corrected chi connectivity index (χ4v) is 3.06. The molecule has 0 aliphatic heterocycles. The number of rotatable bonds is 6. The number of aliphatic hydroxyl groups is 1. The highest BCUT2D eigenvalue weighted by Crippen LogP contribution is 2.29. The number of pyridine rings is 1. The average Bonchev–Trinajstić information content (AvgIpc) is 3.43. The zero-order valence-electron chi connectivity index (χ0n) is 15.7. The summed E-state index contributed by atoms with van der Waals surface area (Å²) in [6.07, 6.45) is 2.00. The number of hydrogen-bond donors (Lipinski definition) is 3. The van der Waals surface area contributed by atoms with Gasteiger partial charge in [-0.05, 0) is 25.5 Å². The van der Waals surface area contributed by atoms with Gasteiger partial charge < -0.3 is 20.3 Å². The first-order valence-corrected chi connectivity index (χ1v) is 8.97. The number of carbonyl (C=O) groups is 2. The first-order chi connectivity index (χ1) is 13.3. The second-order valence-electron chi connectivity index (χ2n) is 7.01. The fraction of sp³-hybridized carbons (Fsp3) is 0.350. The lowest BCUT2D eigenvalue weighted by Crippen LogP contribution is -2.34. The van der Waals surface area contributed by atoms with Crippen LogP contribution in [0.4, 0.5) is 4.39 Å². The van der Waals surface area contributed by atoms with E-state index in [9.17, 15) is 18.8 Å². The number of nitrogens with one attached hydrogen (secondary N) is 2. The van der Waals surface area contributed by atoms with Gasteiger partial charge in [0.05, 0.1) is 12.1 Å². The number of nitrogens with zero attached hydrogens (tertiary/aromatic N) is 1. The Labute approximate surface area is 161 Å². The second-order valence-corrected chi connectivity index (χ2v) is 7.01. The molecule has 1 aliphatic rings. The number of benzene rings is 1. The molecule has 7 nitrogen and oxygen atoms in total. The predicted molar refractivity (Wildman–Crippen MR) is 101 cm³/mol. The van der Waals surface area contributed by atoms with E-state index in [1.807, 2.05) is 0 Å². The van der Waals surface area contributed by atoms with Gasteiger partial charge >= 0.3 is 0 Å². The van der Waals surface area contributed by atoms with Crippen molar-refractivity contribution < 1.29 is 19.1 Å². The minimum Gasteiger partial charge on any atom is -0.396 e. The Morgan fingerprint density at radius 3 is 2.68 bits per heavy atom. The first-order valence-electron chi connectivity index (χ1n) is 8.97. The van der Waals surface area contributed by atoms with Crippen molar-refractivity contribution in [2.24, 2.45) is 5.92 Å². The molecule has 0 radical (unpaired) electrons. The van der Waals surface area contributed by atoms with Crippen molar-refractivity contribution in [3.8, 4) is 0 Å². The lowest BCUT2D eigenvalue weighted by atomic mass is 10.1. The Kier molecular flexibility index (Phi) is 5.60. The van der Waals surface area contributed by atoms with Crippen molar-refractivity contribution in [2.75, 3.05) is 13.7 Å². The Morgan fingerprint density at radius 1 is 1.29 bits per heavy atom. The molecule has 0 spiro atoms. The highest BCUT2D eigenvalue weighted by molar-refractivity contribution is 5.99. The van der Waals surface area contributed by atoms with E-state index in [1.54, 1.807) is 19.1 Å². The summed E-state index contributed by atoms with van der Waals surface area (Å²) >= 11 is 0. The maximum Gasteiger partial charge on any atom is 0.263 e. The number of hydrogen-bond acceptors (Lipinski definition) is 4. The molecule has 1 fully saturated rings. The van der Waals surface area contributed by atoms with Crippen LogP contribution in [0.15, 0.2) is 35.3 Å². The van der Waals surface area contributed by atoms with Gasteiger partial charge in [0.25, 0.3) is 17.4 Å². The van der Waals surface area contributed by atoms with Crippen molar-refractivity contribution >= 4 is 11.8 Å². The minimum atomic E-state index is -0.627. The van der Waals surface area contributed by atoms with Crippen LogP contribution in [0.2, 0.25) is 0 Å². The maximum absolute atomic E-state index is 14.1. The topological polar surface area (TPSA) is 100 Å². The van der Waals surface area contributed by atoms with Crippen LogP contribution in [0.5, 0.6) is 0 Å². The summed E-state index contributed by atoms with van der Waals surface area (Å²) in [5.41, 5.74) is 0.419. The van der Waals surface area contributed by atoms with Gasteiger partial charge in [0.1, 0.15) is 11.4 Å². The number of aromatic nitrogens is 1. The number of amides is 2. The van der Waals surface area contributed by atoms with Crippen LogP contribution in [0.25, 0.3) is 0 Å². The molecule has 1 saturated carbocycles. The van der Waals surface area contributed by atoms with Crippen LogP contribution in [-0.4, -0.2) is 41.2 Å². The van der Waals surface area contributed by atoms with Gasteiger partial charge in [0.15, 0.2) is 0 Å². The Balaban J connectivity index is 1.98. The third-order valence-corrected chi connectivity index (χ3v) is 4.84. The van der Waals surface area contributed by atoms with Gasteiger partial charge in [-0.2, -0.15) is 0 Å². The van der Waals surface area contributed by atoms with Crippen LogP contribution >= 0.6 is 0 Å². The zero-order chi connectivity index (χ0) is 20.4. The summed E-state index contributed by atoms with van der Waals surface area (Å²) in [4.78, 5) is 37.3. The first kappa shape index (κ1) is 19.8. The lowest BCUT2D eigenvalue weighted by Gasteiger charge is -2.13. The van der Waals surface area contributed by atoms with E-state index in [2.05, 4.69) is 10.6 Å². The number of carbonyl (C=O) groups excluding carboxylic acids is 2. The molecule has 1 aromatic carbocycles. The van der Waals surface area contributed by atoms with Gasteiger partial charge in [-0.1, -0.05) is 17.7 Å². The van der Waals surface area contributed by atoms with E-state index in [0.717, 1.165) is 10.1 Å². The molecule has 0 saturated heterocycles. The SMILES string of the molecule is CNC(=O)c1cc(C(=O)NC2CC2CO)cn(Cc2cc(C)ccc2F)c1=O. The molecule has 2 aromatic rings. The second kappa shape index (κ2) is 7.93. The third kappa shape index (κ3) is 4.12. The molecular formula is C20H22FN3O4. The largest absolute Gasteiger partial charge is 0.396 e. The van der Waals surface area contributed by atoms with Crippen LogP contribution in [0.3, 0.4) is 0 Å². The van der Waals surface area contributed by atoms with Crippen molar-refractivity contribution in [1.29, 1.82) is 0 Å². The van der Waals surface area contributed by atoms with Crippen LogP contribution in [0.1, 0.15) is 38.3 Å². The number of halogens is 1. The summed E-state index contributed by atoms with van der Waals surface area (Å²) < 4.78 is 15.3. The molecule has 2 unspecified atom stereocenters. The van der Waals surface area contributed by atoms with Gasteiger partial charge in [-0.25, -0.2) is 4.39 Å². The van der Waals surface area contributed by atoms with Crippen LogP contribution in [-0.2, 0) is 6.54 Å². The number of aryl methyl sites for hydroxylation is 1. The highest BCUT2D eigenvalue weighted by Gasteiger charge is 2.37. The summed E-state index contributed by atoms with van der Waals surface area (Å²) in [5, 5.41) is 14.3. The quantitative estimate of drug-likeness (QED) is 0.683. The summed E-state index contributed by atoms with van der Waals surface area (Å²) in [7, 11) is 1.38. The summed E-state index contributed by atoms with van der Waals surface area (Å²) in [6, 6.07) is 5.65. The molecule has 148 valence electrons. The molecule has 2 atom stereocenters. The van der Waals surface area contributed by atoms with Crippen molar-refractivity contribution in [3.63, 3.8) is 0 Å². The van der Waals surface area contributed by atoms with Crippen molar-refractivity contribution in [2.45, 2.75) is 25.9 Å². The lowest BCUT2D eigenvalue weighted by molar-refractivity contribution is 0.0946. The monoisotopic (exact) mass is 387 g/mol. The van der Waals surface area contributed by atoms with E-state index in [-0.39, 0.29) is 41.8 Å². The minimum absolute atomic E-state index is 0.0133. The van der Waals surface area contributed by atoms with Gasteiger partial charge in [-0.3, -0.25) is 14.4 Å². The Bertz CT molecular complexity index is 986. The molecule has 1 heterocycles. The van der Waals surface area contributed by atoms with Gasteiger partial charge in [-0.15, -0.1) is 0 Å². The predicted octanol–water partition coefficient (Wildman–Crippen LogP) is 0.814. The molecule has 28 heavy (non-hydrogen) atoms. The Morgan fingerprint density at radius 2 is 2.04 bits per heavy atom. The van der Waals surface area contributed by atoms with Crippen molar-refractivity contribution in [1.82, 2.24) is 15.2 Å². The molecule has 0 bridgehead atoms. The van der Waals surface area contributed by atoms with E-state index < -0.39 is 23.2 Å². The van der Waals surface area contributed by atoms with E-state index in [1.165, 1.54) is 25.4 Å². The molecule has 8 heteroatoms. The number of aliphatic hydroxyl groups excluding tert-OH is 1. The highest BCUT2D eigenvalue weighted by atomic mass is 19.1. The van der Waals surface area contributed by atoms with E-state index in [4.69, 9.17) is 5.11 Å². The van der Waals surface area contributed by atoms with E-state index in [0.29, 0.717) is 6.42 Å². The molecule has 2 amide bonds. The summed E-state index contributed by atoms with van der Waals surface area (Å²) in [6.45, 7) is 1.68. The molecule has 1 aliphatic carbocycles. The third-order valence-electron chi connectivity index (χ3n) is 4.84. The standard InChI is InChI=1S/C20H22FN3O4/c1-11-3-4-16(21)12(5-11)8-24-9-13(6-15(20(24)28)19(27)22-2)18(26)23-17-7-14(17)10-25/h3-6,9,14,17,25H,7-8,10H2,1-2H3,(H,22,27)(H,23,26). The molecular weight excluding hydrogens is 365 g/mol. The van der Waals surface area contributed by atoms with Crippen LogP contribution < -0.4 is 16.2 Å². The van der Waals surface area contributed by atoms with Gasteiger partial charge in [0.2, 0.25) is 0 Å². The Hall–Kier alpha value is -3.00. The summed E-state index contributed by atoms with van der Waals surface area (Å²) in [5.74, 6) is -1.53. The average molecular weight is 387 g/mol. The van der Waals surface area contributed by atoms with Crippen molar-refractivity contribution in [3.05, 3.63) is 68.9 Å². The maximum atomic E-state index is 14.1. The van der Waals surface area contributed by atoms with Crippen LogP contribution in [0, 0.1) is 18.7 Å². The zero-order valence-corrected chi connectivity index (χ0v) is 15.7. The van der Waals surface area contributed by atoms with Gasteiger partial charge in [0, 0.05) is 37.4 Å². The molecule has 1 aromatic heterocycles. The smallest absolute Gasteiger partial charge is 0.263 e. The normalized spacial score (nSPS) is 17.9. The fourth-order valence-electron chi connectivity index (χ4n) is 3.06. The molecule has 3 N–H and O–H groups in total. The molecule has 3 rings (SSSR count).